The van der Waals surface area contributed by atoms with Crippen LogP contribution in [0.1, 0.15) is 15.4 Å². The number of carbonyl (C=O) groups is 1. The van der Waals surface area contributed by atoms with Gasteiger partial charge in [0.25, 0.3) is 5.91 Å². The third-order valence-electron chi connectivity index (χ3n) is 3.67. The Morgan fingerprint density at radius 1 is 1.24 bits per heavy atom. The Labute approximate surface area is 147 Å². The molecule has 0 saturated heterocycles. The molecular formula is C18H14N4O2S. The highest BCUT2D eigenvalue weighted by molar-refractivity contribution is 7.15. The Balaban J connectivity index is 1.52. The molecule has 1 aromatic carbocycles. The number of anilines is 1. The van der Waals surface area contributed by atoms with E-state index in [9.17, 15) is 4.79 Å². The van der Waals surface area contributed by atoms with Gasteiger partial charge in [-0.1, -0.05) is 0 Å². The number of thiazole rings is 1. The lowest BCUT2D eigenvalue weighted by Crippen LogP contribution is -2.13. The number of furan rings is 1. The topological polar surface area (TPSA) is 73.0 Å². The molecule has 0 aliphatic carbocycles. The van der Waals surface area contributed by atoms with Gasteiger partial charge < -0.3 is 14.3 Å². The van der Waals surface area contributed by atoms with E-state index in [1.807, 2.05) is 48.0 Å². The van der Waals surface area contributed by atoms with E-state index in [1.165, 1.54) is 11.3 Å². The van der Waals surface area contributed by atoms with Gasteiger partial charge in [0.05, 0.1) is 12.6 Å². The van der Waals surface area contributed by atoms with Crippen LogP contribution in [0.4, 0.5) is 5.69 Å². The standard InChI is InChI=1S/C18H14N4O2S/c1-12-16(21-18(25-12)15-3-2-10-24-15)17(23)20-13-4-6-14(7-5-13)22-9-8-19-11-22/h2-11H,1H3,(H,20,23). The molecule has 0 radical (unpaired) electrons. The molecule has 0 bridgehead atoms. The molecule has 0 atom stereocenters. The second kappa shape index (κ2) is 6.37. The molecule has 0 saturated carbocycles. The maximum atomic E-state index is 12.5. The van der Waals surface area contributed by atoms with E-state index in [1.54, 1.807) is 24.9 Å². The smallest absolute Gasteiger partial charge is 0.275 e. The number of rotatable bonds is 4. The Kier molecular flexibility index (Phi) is 3.91. The van der Waals surface area contributed by atoms with Crippen LogP contribution >= 0.6 is 11.3 Å². The minimum Gasteiger partial charge on any atom is -0.462 e. The lowest BCUT2D eigenvalue weighted by molar-refractivity contribution is 0.102. The molecule has 0 aliphatic heterocycles. The van der Waals surface area contributed by atoms with Crippen molar-refractivity contribution in [2.24, 2.45) is 0 Å². The lowest BCUT2D eigenvalue weighted by atomic mass is 10.2. The van der Waals surface area contributed by atoms with Gasteiger partial charge in [-0.15, -0.1) is 11.3 Å². The number of amides is 1. The fourth-order valence-electron chi connectivity index (χ4n) is 2.43. The number of nitrogens with one attached hydrogen (secondary N) is 1. The molecule has 4 rings (SSSR count). The predicted molar refractivity (Wildman–Crippen MR) is 96.1 cm³/mol. The van der Waals surface area contributed by atoms with Crippen molar-refractivity contribution in [3.05, 3.63) is 72.0 Å². The zero-order valence-electron chi connectivity index (χ0n) is 13.3. The summed E-state index contributed by atoms with van der Waals surface area (Å²) in [5.41, 5.74) is 2.09. The molecule has 3 heterocycles. The van der Waals surface area contributed by atoms with E-state index >= 15 is 0 Å². The van der Waals surface area contributed by atoms with Crippen molar-refractivity contribution in [1.29, 1.82) is 0 Å². The highest BCUT2D eigenvalue weighted by atomic mass is 32.1. The molecular weight excluding hydrogens is 336 g/mol. The number of aromatic nitrogens is 3. The maximum Gasteiger partial charge on any atom is 0.275 e. The minimum atomic E-state index is -0.234. The monoisotopic (exact) mass is 350 g/mol. The third kappa shape index (κ3) is 3.09. The average Bonchev–Trinajstić information content (AvgIpc) is 3.37. The molecule has 6 nitrogen and oxygen atoms in total. The van der Waals surface area contributed by atoms with E-state index in [0.717, 1.165) is 10.6 Å². The number of hydrogen-bond donors (Lipinski definition) is 1. The Morgan fingerprint density at radius 2 is 2.08 bits per heavy atom. The summed E-state index contributed by atoms with van der Waals surface area (Å²) in [6.07, 6.45) is 6.90. The van der Waals surface area contributed by atoms with E-state index in [0.29, 0.717) is 22.1 Å². The van der Waals surface area contributed by atoms with Gasteiger partial charge >= 0.3 is 0 Å². The van der Waals surface area contributed by atoms with Gasteiger partial charge in [-0.25, -0.2) is 9.97 Å². The zero-order valence-corrected chi connectivity index (χ0v) is 14.2. The van der Waals surface area contributed by atoms with Crippen LogP contribution in [0, 0.1) is 6.92 Å². The summed E-state index contributed by atoms with van der Waals surface area (Å²) in [7, 11) is 0. The molecule has 7 heteroatoms. The van der Waals surface area contributed by atoms with E-state index < -0.39 is 0 Å². The third-order valence-corrected chi connectivity index (χ3v) is 4.66. The van der Waals surface area contributed by atoms with E-state index in [2.05, 4.69) is 15.3 Å². The molecule has 0 fully saturated rings. The summed E-state index contributed by atoms with van der Waals surface area (Å²) in [5.74, 6) is 0.429. The molecule has 0 aliphatic rings. The Bertz CT molecular complexity index is 987. The van der Waals surface area contributed by atoms with Crippen LogP contribution < -0.4 is 5.32 Å². The summed E-state index contributed by atoms with van der Waals surface area (Å²) in [5, 5.41) is 3.58. The molecule has 0 spiro atoms. The summed E-state index contributed by atoms with van der Waals surface area (Å²) >= 11 is 1.44. The molecule has 3 aromatic heterocycles. The van der Waals surface area contributed by atoms with Crippen molar-refractivity contribution < 1.29 is 9.21 Å². The highest BCUT2D eigenvalue weighted by Gasteiger charge is 2.17. The number of nitrogens with zero attached hydrogens (tertiary/aromatic N) is 3. The first kappa shape index (κ1) is 15.3. The fraction of sp³-hybridized carbons (Fsp3) is 0.0556. The van der Waals surface area contributed by atoms with E-state index in [4.69, 9.17) is 4.42 Å². The SMILES string of the molecule is Cc1sc(-c2ccco2)nc1C(=O)Nc1ccc(-n2ccnc2)cc1. The quantitative estimate of drug-likeness (QED) is 0.600. The second-order valence-electron chi connectivity index (χ2n) is 5.37. The van der Waals surface area contributed by atoms with Gasteiger partial charge in [0.2, 0.25) is 0 Å². The number of benzene rings is 1. The van der Waals surface area contributed by atoms with Crippen LogP contribution in [-0.2, 0) is 0 Å². The Morgan fingerprint density at radius 3 is 2.76 bits per heavy atom. The first-order valence-corrected chi connectivity index (χ1v) is 8.43. The van der Waals surface area contributed by atoms with Gasteiger partial charge in [0.1, 0.15) is 5.69 Å². The normalized spacial score (nSPS) is 10.8. The molecule has 0 unspecified atom stereocenters. The van der Waals surface area contributed by atoms with Gasteiger partial charge in [-0.3, -0.25) is 4.79 Å². The molecule has 25 heavy (non-hydrogen) atoms. The van der Waals surface area contributed by atoms with Crippen molar-refractivity contribution in [3.63, 3.8) is 0 Å². The van der Waals surface area contributed by atoms with Crippen molar-refractivity contribution in [1.82, 2.24) is 14.5 Å². The van der Waals surface area contributed by atoms with Gasteiger partial charge in [0, 0.05) is 28.6 Å². The van der Waals surface area contributed by atoms with E-state index in [-0.39, 0.29) is 5.91 Å². The van der Waals surface area contributed by atoms with Crippen LogP contribution in [0.25, 0.3) is 16.5 Å². The van der Waals surface area contributed by atoms with Gasteiger partial charge in [-0.2, -0.15) is 0 Å². The predicted octanol–water partition coefficient (Wildman–Crippen LogP) is 4.15. The minimum absolute atomic E-state index is 0.234. The summed E-state index contributed by atoms with van der Waals surface area (Å²) in [6, 6.07) is 11.2. The number of aryl methyl sites for hydroxylation is 1. The van der Waals surface area contributed by atoms with Crippen molar-refractivity contribution in [2.45, 2.75) is 6.92 Å². The van der Waals surface area contributed by atoms with Crippen LogP contribution in [0.2, 0.25) is 0 Å². The first-order valence-electron chi connectivity index (χ1n) is 7.62. The first-order chi connectivity index (χ1) is 12.2. The van der Waals surface area contributed by atoms with Crippen LogP contribution in [0.3, 0.4) is 0 Å². The van der Waals surface area contributed by atoms with Crippen molar-refractivity contribution >= 4 is 22.9 Å². The summed E-state index contributed by atoms with van der Waals surface area (Å²) in [4.78, 5) is 21.8. The second-order valence-corrected chi connectivity index (χ2v) is 6.58. The van der Waals surface area contributed by atoms with Crippen molar-refractivity contribution in [3.8, 4) is 16.5 Å². The fourth-order valence-corrected chi connectivity index (χ4v) is 3.31. The zero-order chi connectivity index (χ0) is 17.2. The maximum absolute atomic E-state index is 12.5. The summed E-state index contributed by atoms with van der Waals surface area (Å²) in [6.45, 7) is 1.88. The Hall–Kier alpha value is -3.19. The molecule has 1 amide bonds. The van der Waals surface area contributed by atoms with Gasteiger partial charge in [0.15, 0.2) is 10.8 Å². The van der Waals surface area contributed by atoms with Crippen molar-refractivity contribution in [2.75, 3.05) is 5.32 Å². The lowest BCUT2D eigenvalue weighted by Gasteiger charge is -2.06. The highest BCUT2D eigenvalue weighted by Crippen LogP contribution is 2.28. The summed E-state index contributed by atoms with van der Waals surface area (Å²) < 4.78 is 7.24. The molecule has 1 N–H and O–H groups in total. The largest absolute Gasteiger partial charge is 0.462 e. The van der Waals surface area contributed by atoms with Crippen LogP contribution in [0.15, 0.2) is 65.8 Å². The van der Waals surface area contributed by atoms with Crippen LogP contribution in [0.5, 0.6) is 0 Å². The number of carbonyl (C=O) groups excluding carboxylic acids is 1. The molecule has 124 valence electrons. The number of imidazole rings is 1. The van der Waals surface area contributed by atoms with Crippen LogP contribution in [-0.4, -0.2) is 20.4 Å². The average molecular weight is 350 g/mol. The number of hydrogen-bond acceptors (Lipinski definition) is 5. The van der Waals surface area contributed by atoms with Gasteiger partial charge in [-0.05, 0) is 43.3 Å². The molecule has 4 aromatic rings.